The summed E-state index contributed by atoms with van der Waals surface area (Å²) in [4.78, 5) is 27.7. The van der Waals surface area contributed by atoms with Gasteiger partial charge in [0.1, 0.15) is 11.6 Å². The lowest BCUT2D eigenvalue weighted by Gasteiger charge is -2.24. The van der Waals surface area contributed by atoms with E-state index in [0.717, 1.165) is 41.0 Å². The summed E-state index contributed by atoms with van der Waals surface area (Å²) in [6.45, 7) is 1.33. The monoisotopic (exact) mass is 475 g/mol. The third kappa shape index (κ3) is 4.78. The number of nitrogens with zero attached hydrogens (tertiary/aromatic N) is 4. The Balaban J connectivity index is 1.28. The van der Waals surface area contributed by atoms with E-state index in [1.807, 2.05) is 52.9 Å². The number of ether oxygens (including phenoxy) is 1. The van der Waals surface area contributed by atoms with Crippen LogP contribution in [-0.4, -0.2) is 52.1 Å². The largest absolute Gasteiger partial charge is 0.383 e. The number of carbonyl (C=O) groups excluding carboxylic acids is 1. The first-order chi connectivity index (χ1) is 16.6. The number of rotatable bonds is 7. The lowest BCUT2D eigenvalue weighted by molar-refractivity contribution is 0.0630. The van der Waals surface area contributed by atoms with Gasteiger partial charge in [-0.2, -0.15) is 9.97 Å². The van der Waals surface area contributed by atoms with Crippen LogP contribution in [0.4, 0.5) is 29.0 Å². The van der Waals surface area contributed by atoms with Gasteiger partial charge in [-0.25, -0.2) is 4.98 Å². The number of thiazole rings is 1. The molecule has 1 aliphatic rings. The Morgan fingerprint density at radius 2 is 1.85 bits per heavy atom. The van der Waals surface area contributed by atoms with Crippen molar-refractivity contribution in [3.63, 3.8) is 0 Å². The maximum atomic E-state index is 12.9. The van der Waals surface area contributed by atoms with Crippen molar-refractivity contribution >= 4 is 56.4 Å². The smallest absolute Gasteiger partial charge is 0.254 e. The van der Waals surface area contributed by atoms with Gasteiger partial charge in [-0.05, 0) is 55.3 Å². The molecule has 1 atom stereocenters. The molecule has 9 nitrogen and oxygen atoms in total. The second-order valence-corrected chi connectivity index (χ2v) is 9.00. The van der Waals surface area contributed by atoms with Crippen molar-refractivity contribution in [2.45, 2.75) is 18.9 Å². The standard InChI is InChI=1S/C24H25N7O2S/c1-33-13-18-3-2-10-31(18)23(32)15-4-6-16(7-5-15)27-21-12-22(30-24(25)29-21)28-17-8-9-19-20(11-17)34-14-26-19/h4-9,11-12,14,18H,2-3,10,13H2,1H3,(H4,25,27,28,29,30)/t18-/m0/s1. The number of carbonyl (C=O) groups is 1. The van der Waals surface area contributed by atoms with Crippen LogP contribution in [0.3, 0.4) is 0 Å². The molecular formula is C24H25N7O2S. The van der Waals surface area contributed by atoms with Gasteiger partial charge in [0.05, 0.1) is 28.4 Å². The van der Waals surface area contributed by atoms with Crippen molar-refractivity contribution in [1.82, 2.24) is 19.9 Å². The Morgan fingerprint density at radius 3 is 2.62 bits per heavy atom. The number of likely N-dealkylation sites (tertiary alicyclic amines) is 1. The highest BCUT2D eigenvalue weighted by Gasteiger charge is 2.29. The number of nitrogens with two attached hydrogens (primary N) is 1. The summed E-state index contributed by atoms with van der Waals surface area (Å²) < 4.78 is 6.35. The van der Waals surface area contributed by atoms with Crippen molar-refractivity contribution in [3.8, 4) is 0 Å². The molecule has 1 amide bonds. The van der Waals surface area contributed by atoms with E-state index in [-0.39, 0.29) is 17.9 Å². The van der Waals surface area contributed by atoms with E-state index in [1.165, 1.54) is 0 Å². The zero-order valence-electron chi connectivity index (χ0n) is 18.7. The average molecular weight is 476 g/mol. The van der Waals surface area contributed by atoms with Crippen LogP contribution in [0.1, 0.15) is 23.2 Å². The number of benzene rings is 2. The molecule has 5 rings (SSSR count). The van der Waals surface area contributed by atoms with Crippen LogP contribution in [0.25, 0.3) is 10.2 Å². The van der Waals surface area contributed by atoms with Gasteiger partial charge >= 0.3 is 0 Å². The third-order valence-corrected chi connectivity index (χ3v) is 6.54. The van der Waals surface area contributed by atoms with Crippen LogP contribution in [0.2, 0.25) is 0 Å². The molecule has 0 bridgehead atoms. The second-order valence-electron chi connectivity index (χ2n) is 8.11. The van der Waals surface area contributed by atoms with Crippen molar-refractivity contribution < 1.29 is 9.53 Å². The number of aromatic nitrogens is 3. The Bertz CT molecular complexity index is 1310. The predicted octanol–water partition coefficient (Wildman–Crippen LogP) is 4.41. The molecule has 1 fully saturated rings. The number of amides is 1. The van der Waals surface area contributed by atoms with Crippen LogP contribution < -0.4 is 16.4 Å². The van der Waals surface area contributed by atoms with Gasteiger partial charge in [-0.1, -0.05) is 0 Å². The van der Waals surface area contributed by atoms with E-state index in [0.29, 0.717) is 23.8 Å². The van der Waals surface area contributed by atoms with Crippen LogP contribution in [0.15, 0.2) is 54.0 Å². The molecule has 10 heteroatoms. The van der Waals surface area contributed by atoms with Gasteiger partial charge in [-0.15, -0.1) is 11.3 Å². The number of fused-ring (bicyclic) bond motifs is 1. The minimum atomic E-state index is 0.0294. The molecule has 1 aliphatic heterocycles. The Morgan fingerprint density at radius 1 is 1.12 bits per heavy atom. The number of nitrogen functional groups attached to an aromatic ring is 1. The number of hydrogen-bond donors (Lipinski definition) is 3. The molecule has 3 heterocycles. The highest BCUT2D eigenvalue weighted by atomic mass is 32.1. The fourth-order valence-corrected chi connectivity index (χ4v) is 4.87. The molecule has 1 saturated heterocycles. The first-order valence-electron chi connectivity index (χ1n) is 11.0. The molecule has 0 aliphatic carbocycles. The van der Waals surface area contributed by atoms with E-state index in [9.17, 15) is 4.79 Å². The van der Waals surface area contributed by atoms with Gasteiger partial charge in [0, 0.05) is 36.7 Å². The van der Waals surface area contributed by atoms with Gasteiger partial charge < -0.3 is 26.0 Å². The molecule has 174 valence electrons. The van der Waals surface area contributed by atoms with E-state index in [2.05, 4.69) is 25.6 Å². The van der Waals surface area contributed by atoms with E-state index in [1.54, 1.807) is 24.5 Å². The molecule has 2 aromatic carbocycles. The quantitative estimate of drug-likeness (QED) is 0.360. The summed E-state index contributed by atoms with van der Waals surface area (Å²) in [5.41, 5.74) is 11.1. The summed E-state index contributed by atoms with van der Waals surface area (Å²) in [7, 11) is 1.67. The van der Waals surface area contributed by atoms with E-state index in [4.69, 9.17) is 10.5 Å². The van der Waals surface area contributed by atoms with Crippen molar-refractivity contribution in [2.75, 3.05) is 36.6 Å². The zero-order valence-corrected chi connectivity index (χ0v) is 19.5. The van der Waals surface area contributed by atoms with Gasteiger partial charge in [0.15, 0.2) is 0 Å². The lowest BCUT2D eigenvalue weighted by atomic mass is 10.1. The highest BCUT2D eigenvalue weighted by molar-refractivity contribution is 7.16. The molecule has 34 heavy (non-hydrogen) atoms. The molecule has 4 aromatic rings. The SMILES string of the molecule is COC[C@@H]1CCCN1C(=O)c1ccc(Nc2cc(Nc3ccc4ncsc4c3)nc(N)n2)cc1. The van der Waals surface area contributed by atoms with Crippen LogP contribution >= 0.6 is 11.3 Å². The molecule has 2 aromatic heterocycles. The second kappa shape index (κ2) is 9.62. The number of nitrogens with one attached hydrogen (secondary N) is 2. The van der Waals surface area contributed by atoms with Crippen LogP contribution in [0, 0.1) is 0 Å². The van der Waals surface area contributed by atoms with Crippen molar-refractivity contribution in [2.24, 2.45) is 0 Å². The Hall–Kier alpha value is -3.76. The maximum Gasteiger partial charge on any atom is 0.254 e. The normalized spacial score (nSPS) is 15.6. The zero-order chi connectivity index (χ0) is 23.5. The number of methoxy groups -OCH3 is 1. The Labute approximate surface area is 201 Å². The van der Waals surface area contributed by atoms with Crippen LogP contribution in [-0.2, 0) is 4.74 Å². The minimum Gasteiger partial charge on any atom is -0.383 e. The molecule has 0 spiro atoms. The summed E-state index contributed by atoms with van der Waals surface area (Å²) in [6, 6.07) is 15.2. The fraction of sp³-hybridized carbons (Fsp3) is 0.250. The first kappa shape index (κ1) is 22.1. The van der Waals surface area contributed by atoms with E-state index >= 15 is 0 Å². The van der Waals surface area contributed by atoms with E-state index < -0.39 is 0 Å². The molecule has 0 radical (unpaired) electrons. The first-order valence-corrected chi connectivity index (χ1v) is 11.9. The molecule has 0 unspecified atom stereocenters. The highest BCUT2D eigenvalue weighted by Crippen LogP contribution is 2.26. The predicted molar refractivity (Wildman–Crippen MR) is 135 cm³/mol. The molecule has 4 N–H and O–H groups in total. The summed E-state index contributed by atoms with van der Waals surface area (Å²) >= 11 is 1.58. The van der Waals surface area contributed by atoms with Crippen molar-refractivity contribution in [3.05, 3.63) is 59.6 Å². The number of anilines is 5. The van der Waals surface area contributed by atoms with Crippen molar-refractivity contribution in [1.29, 1.82) is 0 Å². The summed E-state index contributed by atoms with van der Waals surface area (Å²) in [6.07, 6.45) is 1.98. The topological polar surface area (TPSA) is 118 Å². The van der Waals surface area contributed by atoms with Gasteiger partial charge in [0.25, 0.3) is 5.91 Å². The molecule has 0 saturated carbocycles. The van der Waals surface area contributed by atoms with Gasteiger partial charge in [-0.3, -0.25) is 4.79 Å². The summed E-state index contributed by atoms with van der Waals surface area (Å²) in [5, 5.41) is 6.51. The lowest BCUT2D eigenvalue weighted by Crippen LogP contribution is -2.38. The third-order valence-electron chi connectivity index (χ3n) is 5.75. The number of hydrogen-bond acceptors (Lipinski definition) is 9. The molecular weight excluding hydrogens is 450 g/mol. The fourth-order valence-electron chi connectivity index (χ4n) is 4.15. The van der Waals surface area contributed by atoms with Gasteiger partial charge in [0.2, 0.25) is 5.95 Å². The minimum absolute atomic E-state index is 0.0294. The Kier molecular flexibility index (Phi) is 6.24. The van der Waals surface area contributed by atoms with Crippen LogP contribution in [0.5, 0.6) is 0 Å². The maximum absolute atomic E-state index is 12.9. The average Bonchev–Trinajstić information content (AvgIpc) is 3.48. The summed E-state index contributed by atoms with van der Waals surface area (Å²) in [5.74, 6) is 1.30.